The molecule has 1 aromatic carbocycles. The van der Waals surface area contributed by atoms with Crippen LogP contribution in [0.4, 0.5) is 10.2 Å². The standard InChI is InChI=1S/C13H13FN2O/c14-11-3-6-13(16-9-11)15-8-7-10-1-4-12(17)5-2-10/h1-6,9,17H,7-8H2,(H,15,16). The highest BCUT2D eigenvalue weighted by atomic mass is 19.1. The Balaban J connectivity index is 1.83. The van der Waals surface area contributed by atoms with E-state index in [0.717, 1.165) is 12.0 Å². The number of phenolic OH excluding ortho intramolecular Hbond substituents is 1. The number of hydrogen-bond acceptors (Lipinski definition) is 3. The lowest BCUT2D eigenvalue weighted by molar-refractivity contribution is 0.475. The predicted octanol–water partition coefficient (Wildman–Crippen LogP) is 2.58. The number of aromatic nitrogens is 1. The zero-order chi connectivity index (χ0) is 12.1. The van der Waals surface area contributed by atoms with E-state index in [9.17, 15) is 4.39 Å². The first kappa shape index (κ1) is 11.4. The number of rotatable bonds is 4. The molecule has 0 fully saturated rings. The molecule has 0 aliphatic rings. The SMILES string of the molecule is Oc1ccc(CCNc2ccc(F)cn2)cc1. The van der Waals surface area contributed by atoms with Crippen LogP contribution in [0.15, 0.2) is 42.6 Å². The van der Waals surface area contributed by atoms with Crippen molar-refractivity contribution in [3.8, 4) is 5.75 Å². The third kappa shape index (κ3) is 3.45. The van der Waals surface area contributed by atoms with E-state index in [0.29, 0.717) is 12.4 Å². The minimum Gasteiger partial charge on any atom is -0.508 e. The molecule has 0 aliphatic heterocycles. The molecule has 0 bridgehead atoms. The van der Waals surface area contributed by atoms with E-state index >= 15 is 0 Å². The molecule has 2 N–H and O–H groups in total. The quantitative estimate of drug-likeness (QED) is 0.851. The van der Waals surface area contributed by atoms with Gasteiger partial charge in [0.05, 0.1) is 6.20 Å². The molecule has 0 spiro atoms. The van der Waals surface area contributed by atoms with E-state index in [2.05, 4.69) is 10.3 Å². The van der Waals surface area contributed by atoms with Crippen LogP contribution < -0.4 is 5.32 Å². The van der Waals surface area contributed by atoms with Gasteiger partial charge in [-0.15, -0.1) is 0 Å². The van der Waals surface area contributed by atoms with Crippen molar-refractivity contribution in [2.75, 3.05) is 11.9 Å². The van der Waals surface area contributed by atoms with Crippen LogP contribution in [0, 0.1) is 5.82 Å². The van der Waals surface area contributed by atoms with Crippen LogP contribution in [0.1, 0.15) is 5.56 Å². The summed E-state index contributed by atoms with van der Waals surface area (Å²) >= 11 is 0. The highest BCUT2D eigenvalue weighted by molar-refractivity contribution is 5.34. The fraction of sp³-hybridized carbons (Fsp3) is 0.154. The normalized spacial score (nSPS) is 10.2. The topological polar surface area (TPSA) is 45.1 Å². The molecule has 88 valence electrons. The number of aromatic hydroxyl groups is 1. The summed E-state index contributed by atoms with van der Waals surface area (Å²) in [6.07, 6.45) is 2.00. The van der Waals surface area contributed by atoms with Gasteiger partial charge in [0, 0.05) is 6.54 Å². The van der Waals surface area contributed by atoms with E-state index < -0.39 is 0 Å². The summed E-state index contributed by atoms with van der Waals surface area (Å²) in [6.45, 7) is 0.712. The monoisotopic (exact) mass is 232 g/mol. The number of phenols is 1. The molecule has 0 atom stereocenters. The van der Waals surface area contributed by atoms with Gasteiger partial charge >= 0.3 is 0 Å². The Labute approximate surface area is 98.9 Å². The molecule has 0 radical (unpaired) electrons. The molecule has 1 aromatic heterocycles. The van der Waals surface area contributed by atoms with Crippen LogP contribution in [-0.4, -0.2) is 16.6 Å². The number of nitrogens with zero attached hydrogens (tertiary/aromatic N) is 1. The molecular formula is C13H13FN2O. The van der Waals surface area contributed by atoms with Gasteiger partial charge in [0.2, 0.25) is 0 Å². The van der Waals surface area contributed by atoms with Gasteiger partial charge in [-0.2, -0.15) is 0 Å². The summed E-state index contributed by atoms with van der Waals surface area (Å²) in [4.78, 5) is 3.90. The summed E-state index contributed by atoms with van der Waals surface area (Å²) in [5.74, 6) is 0.584. The molecule has 0 amide bonds. The fourth-order valence-corrected chi connectivity index (χ4v) is 1.48. The lowest BCUT2D eigenvalue weighted by Crippen LogP contribution is -2.06. The van der Waals surface area contributed by atoms with E-state index in [4.69, 9.17) is 5.11 Å². The summed E-state index contributed by atoms with van der Waals surface area (Å²) in [7, 11) is 0. The Morgan fingerprint density at radius 3 is 2.53 bits per heavy atom. The van der Waals surface area contributed by atoms with Gasteiger partial charge in [-0.05, 0) is 36.2 Å². The third-order valence-corrected chi connectivity index (χ3v) is 2.38. The van der Waals surface area contributed by atoms with Crippen LogP contribution in [0.3, 0.4) is 0 Å². The highest BCUT2D eigenvalue weighted by Crippen LogP contribution is 2.10. The van der Waals surface area contributed by atoms with Crippen molar-refractivity contribution in [3.63, 3.8) is 0 Å². The molecule has 17 heavy (non-hydrogen) atoms. The maximum absolute atomic E-state index is 12.6. The molecule has 0 aliphatic carbocycles. The Kier molecular flexibility index (Phi) is 3.55. The summed E-state index contributed by atoms with van der Waals surface area (Å²) in [5.41, 5.74) is 1.12. The van der Waals surface area contributed by atoms with Gasteiger partial charge in [0.1, 0.15) is 17.4 Å². The second-order valence-electron chi connectivity index (χ2n) is 3.70. The number of halogens is 1. The van der Waals surface area contributed by atoms with Crippen LogP contribution in [-0.2, 0) is 6.42 Å². The molecule has 2 rings (SSSR count). The molecular weight excluding hydrogens is 219 g/mol. The number of hydrogen-bond donors (Lipinski definition) is 2. The second-order valence-corrected chi connectivity index (χ2v) is 3.70. The molecule has 0 saturated heterocycles. The zero-order valence-electron chi connectivity index (χ0n) is 9.23. The van der Waals surface area contributed by atoms with Crippen molar-refractivity contribution >= 4 is 5.82 Å². The van der Waals surface area contributed by atoms with Crippen molar-refractivity contribution in [2.45, 2.75) is 6.42 Å². The number of anilines is 1. The van der Waals surface area contributed by atoms with Gasteiger partial charge in [0.15, 0.2) is 0 Å². The Morgan fingerprint density at radius 2 is 1.88 bits per heavy atom. The van der Waals surface area contributed by atoms with Crippen molar-refractivity contribution < 1.29 is 9.50 Å². The average molecular weight is 232 g/mol. The first-order valence-corrected chi connectivity index (χ1v) is 5.37. The van der Waals surface area contributed by atoms with Crippen molar-refractivity contribution in [2.24, 2.45) is 0 Å². The summed E-state index contributed by atoms with van der Waals surface area (Å²) in [6, 6.07) is 10.0. The number of pyridine rings is 1. The highest BCUT2D eigenvalue weighted by Gasteiger charge is 1.96. The van der Waals surface area contributed by atoms with Crippen molar-refractivity contribution in [3.05, 3.63) is 54.0 Å². The minimum atomic E-state index is -0.339. The van der Waals surface area contributed by atoms with Crippen molar-refractivity contribution in [1.82, 2.24) is 4.98 Å². The summed E-state index contributed by atoms with van der Waals surface area (Å²) in [5, 5.41) is 12.2. The smallest absolute Gasteiger partial charge is 0.141 e. The van der Waals surface area contributed by atoms with Gasteiger partial charge in [0.25, 0.3) is 0 Å². The Hall–Kier alpha value is -2.10. The second kappa shape index (κ2) is 5.30. The first-order chi connectivity index (χ1) is 8.24. The first-order valence-electron chi connectivity index (χ1n) is 5.37. The van der Waals surface area contributed by atoms with Crippen LogP contribution >= 0.6 is 0 Å². The maximum Gasteiger partial charge on any atom is 0.141 e. The predicted molar refractivity (Wildman–Crippen MR) is 64.5 cm³/mol. The molecule has 0 unspecified atom stereocenters. The Morgan fingerprint density at radius 1 is 1.12 bits per heavy atom. The maximum atomic E-state index is 12.6. The Bertz CT molecular complexity index is 422. The van der Waals surface area contributed by atoms with Gasteiger partial charge in [-0.3, -0.25) is 0 Å². The minimum absolute atomic E-state index is 0.266. The lowest BCUT2D eigenvalue weighted by atomic mass is 10.1. The molecule has 4 heteroatoms. The molecule has 3 nitrogen and oxygen atoms in total. The number of benzene rings is 1. The van der Waals surface area contributed by atoms with Gasteiger partial charge < -0.3 is 10.4 Å². The molecule has 1 heterocycles. The largest absolute Gasteiger partial charge is 0.508 e. The third-order valence-electron chi connectivity index (χ3n) is 2.38. The fourth-order valence-electron chi connectivity index (χ4n) is 1.48. The van der Waals surface area contributed by atoms with Gasteiger partial charge in [-0.25, -0.2) is 9.37 Å². The average Bonchev–Trinajstić information content (AvgIpc) is 2.34. The van der Waals surface area contributed by atoms with Crippen LogP contribution in [0.2, 0.25) is 0 Å². The van der Waals surface area contributed by atoms with E-state index in [-0.39, 0.29) is 11.6 Å². The van der Waals surface area contributed by atoms with E-state index in [1.807, 2.05) is 12.1 Å². The number of nitrogens with one attached hydrogen (secondary N) is 1. The van der Waals surface area contributed by atoms with E-state index in [1.165, 1.54) is 12.3 Å². The van der Waals surface area contributed by atoms with Gasteiger partial charge in [-0.1, -0.05) is 12.1 Å². The lowest BCUT2D eigenvalue weighted by Gasteiger charge is -2.05. The molecule has 0 saturated carbocycles. The van der Waals surface area contributed by atoms with Crippen molar-refractivity contribution in [1.29, 1.82) is 0 Å². The van der Waals surface area contributed by atoms with Crippen LogP contribution in [0.25, 0.3) is 0 Å². The van der Waals surface area contributed by atoms with Crippen LogP contribution in [0.5, 0.6) is 5.75 Å². The molecule has 2 aromatic rings. The van der Waals surface area contributed by atoms with E-state index in [1.54, 1.807) is 18.2 Å². The summed E-state index contributed by atoms with van der Waals surface area (Å²) < 4.78 is 12.6. The zero-order valence-corrected chi connectivity index (χ0v) is 9.23.